The van der Waals surface area contributed by atoms with Crippen LogP contribution in [0, 0.1) is 0 Å². The lowest BCUT2D eigenvalue weighted by molar-refractivity contribution is 0.332. The molecule has 4 N–H and O–H groups in total. The molecule has 0 atom stereocenters. The van der Waals surface area contributed by atoms with Crippen molar-refractivity contribution in [2.75, 3.05) is 71.1 Å². The predicted octanol–water partition coefficient (Wildman–Crippen LogP) is 5.83. The fourth-order valence-corrected chi connectivity index (χ4v) is 6.15. The monoisotopic (exact) mass is 808 g/mol. The SMILES string of the molecule is COc1cc(-c2oc3cc(OC)c(OC)c(O)c3c(=O)c2OC)cc(O)c1OC.COc1cc(-c2oc3cc(OC)c(OC)c(O)c3c(=O)c2OC)cc(O)c1OC. The molecule has 308 valence electrons. The van der Waals surface area contributed by atoms with E-state index in [1.165, 1.54) is 107 Å². The van der Waals surface area contributed by atoms with Gasteiger partial charge in [-0.2, -0.15) is 0 Å². The highest BCUT2D eigenvalue weighted by molar-refractivity contribution is 5.93. The van der Waals surface area contributed by atoms with Gasteiger partial charge in [-0.05, 0) is 24.3 Å². The van der Waals surface area contributed by atoms with Crippen LogP contribution in [0.1, 0.15) is 0 Å². The Labute approximate surface area is 329 Å². The van der Waals surface area contributed by atoms with Crippen LogP contribution in [0.3, 0.4) is 0 Å². The van der Waals surface area contributed by atoms with Crippen molar-refractivity contribution in [3.05, 3.63) is 56.8 Å². The maximum atomic E-state index is 13.0. The van der Waals surface area contributed by atoms with Gasteiger partial charge >= 0.3 is 0 Å². The summed E-state index contributed by atoms with van der Waals surface area (Å²) in [6, 6.07) is 8.55. The Morgan fingerprint density at radius 3 is 0.948 bits per heavy atom. The first-order chi connectivity index (χ1) is 27.8. The molecular weight excluding hydrogens is 768 g/mol. The molecule has 2 aromatic heterocycles. The topological polar surface area (TPSA) is 234 Å². The molecular formula is C40H40O18. The van der Waals surface area contributed by atoms with Gasteiger partial charge in [-0.3, -0.25) is 9.59 Å². The average Bonchev–Trinajstić information content (AvgIpc) is 3.22. The van der Waals surface area contributed by atoms with E-state index < -0.39 is 22.4 Å². The number of phenols is 4. The first kappa shape index (κ1) is 41.7. The molecule has 0 saturated heterocycles. The van der Waals surface area contributed by atoms with Crippen molar-refractivity contribution in [1.82, 2.24) is 0 Å². The van der Waals surface area contributed by atoms with Crippen LogP contribution in [0.25, 0.3) is 44.6 Å². The minimum atomic E-state index is -0.628. The van der Waals surface area contributed by atoms with Gasteiger partial charge in [-0.25, -0.2) is 0 Å². The van der Waals surface area contributed by atoms with E-state index in [2.05, 4.69) is 0 Å². The highest BCUT2D eigenvalue weighted by Gasteiger charge is 2.27. The van der Waals surface area contributed by atoms with E-state index in [4.69, 9.17) is 56.2 Å². The number of rotatable bonds is 12. The second-order valence-corrected chi connectivity index (χ2v) is 11.7. The third-order valence-corrected chi connectivity index (χ3v) is 8.77. The van der Waals surface area contributed by atoms with Gasteiger partial charge in [0.1, 0.15) is 21.9 Å². The molecule has 6 aromatic rings. The van der Waals surface area contributed by atoms with Crippen molar-refractivity contribution >= 4 is 21.9 Å². The van der Waals surface area contributed by atoms with Crippen molar-refractivity contribution in [3.8, 4) is 103 Å². The van der Waals surface area contributed by atoms with Crippen LogP contribution in [0.4, 0.5) is 0 Å². The third kappa shape index (κ3) is 7.06. The van der Waals surface area contributed by atoms with E-state index in [1.54, 1.807) is 0 Å². The Balaban J connectivity index is 0.000000221. The summed E-state index contributed by atoms with van der Waals surface area (Å²) in [5.74, 6) is -0.584. The number of hydrogen-bond donors (Lipinski definition) is 4. The predicted molar refractivity (Wildman–Crippen MR) is 208 cm³/mol. The lowest BCUT2D eigenvalue weighted by atomic mass is 10.1. The molecule has 0 saturated carbocycles. The summed E-state index contributed by atoms with van der Waals surface area (Å²) in [5.41, 5.74) is -0.589. The van der Waals surface area contributed by atoms with Gasteiger partial charge < -0.3 is 76.6 Å². The van der Waals surface area contributed by atoms with Crippen molar-refractivity contribution < 1.29 is 76.6 Å². The standard InChI is InChI=1S/2C20H20O9/c2*1-24-12-7-9(6-10(21)18(12)26-3)17-20(28-5)16(23)14-11(29-17)8-13(25-2)19(27-4)15(14)22/h2*6-8,21-22H,1-5H3. The van der Waals surface area contributed by atoms with Crippen molar-refractivity contribution in [3.63, 3.8) is 0 Å². The van der Waals surface area contributed by atoms with E-state index in [9.17, 15) is 30.0 Å². The molecule has 0 aliphatic heterocycles. The molecule has 0 aliphatic rings. The maximum Gasteiger partial charge on any atom is 0.239 e. The van der Waals surface area contributed by atoms with Crippen LogP contribution in [0.5, 0.6) is 80.5 Å². The van der Waals surface area contributed by atoms with Crippen molar-refractivity contribution in [2.24, 2.45) is 0 Å². The fourth-order valence-electron chi connectivity index (χ4n) is 6.15. The zero-order chi connectivity index (χ0) is 42.6. The summed E-state index contributed by atoms with van der Waals surface area (Å²) in [4.78, 5) is 26.1. The average molecular weight is 809 g/mol. The first-order valence-electron chi connectivity index (χ1n) is 16.7. The van der Waals surface area contributed by atoms with Crippen LogP contribution >= 0.6 is 0 Å². The quantitative estimate of drug-likeness (QED) is 0.114. The van der Waals surface area contributed by atoms with E-state index in [1.807, 2.05) is 0 Å². The lowest BCUT2D eigenvalue weighted by Gasteiger charge is -2.15. The molecule has 0 bridgehead atoms. The highest BCUT2D eigenvalue weighted by atomic mass is 16.5. The van der Waals surface area contributed by atoms with E-state index in [-0.39, 0.29) is 102 Å². The Bertz CT molecular complexity index is 2440. The number of benzene rings is 4. The second kappa shape index (κ2) is 17.1. The molecule has 0 amide bonds. The van der Waals surface area contributed by atoms with Crippen LogP contribution in [-0.4, -0.2) is 91.5 Å². The minimum absolute atomic E-state index is 0.00846. The minimum Gasteiger partial charge on any atom is -0.504 e. The number of phenolic OH excluding ortho intramolecular Hbond substituents is 4. The zero-order valence-electron chi connectivity index (χ0n) is 33.0. The summed E-state index contributed by atoms with van der Waals surface area (Å²) in [7, 11) is 13.6. The Hall–Kier alpha value is -7.50. The van der Waals surface area contributed by atoms with Gasteiger partial charge in [0.15, 0.2) is 57.5 Å². The highest BCUT2D eigenvalue weighted by Crippen LogP contribution is 2.48. The summed E-state index contributed by atoms with van der Waals surface area (Å²) >= 11 is 0. The number of ether oxygens (including phenoxy) is 10. The molecule has 18 nitrogen and oxygen atoms in total. The fraction of sp³-hybridized carbons (Fsp3) is 0.250. The Morgan fingerprint density at radius 2 is 0.672 bits per heavy atom. The molecule has 2 heterocycles. The van der Waals surface area contributed by atoms with Crippen LogP contribution in [-0.2, 0) is 0 Å². The van der Waals surface area contributed by atoms with E-state index in [0.29, 0.717) is 11.1 Å². The molecule has 58 heavy (non-hydrogen) atoms. The van der Waals surface area contributed by atoms with Gasteiger partial charge in [0.25, 0.3) is 0 Å². The van der Waals surface area contributed by atoms with Crippen LogP contribution < -0.4 is 58.2 Å². The number of fused-ring (bicyclic) bond motifs is 2. The van der Waals surface area contributed by atoms with Gasteiger partial charge in [0.2, 0.25) is 45.4 Å². The molecule has 18 heteroatoms. The van der Waals surface area contributed by atoms with E-state index in [0.717, 1.165) is 0 Å². The number of aromatic hydroxyl groups is 4. The first-order valence-corrected chi connectivity index (χ1v) is 16.7. The summed E-state index contributed by atoms with van der Waals surface area (Å²) in [6.07, 6.45) is 0. The summed E-state index contributed by atoms with van der Waals surface area (Å²) < 4.78 is 63.6. The van der Waals surface area contributed by atoms with Crippen LogP contribution in [0.15, 0.2) is 54.8 Å². The molecule has 0 radical (unpaired) electrons. The Kier molecular flexibility index (Phi) is 12.3. The maximum absolute atomic E-state index is 13.0. The third-order valence-electron chi connectivity index (χ3n) is 8.77. The van der Waals surface area contributed by atoms with Crippen LogP contribution in [0.2, 0.25) is 0 Å². The molecule has 0 unspecified atom stereocenters. The number of hydrogen-bond acceptors (Lipinski definition) is 18. The molecule has 0 aliphatic carbocycles. The molecule has 6 rings (SSSR count). The lowest BCUT2D eigenvalue weighted by Crippen LogP contribution is -2.08. The molecule has 0 fully saturated rings. The normalized spacial score (nSPS) is 10.7. The Morgan fingerprint density at radius 1 is 0.379 bits per heavy atom. The summed E-state index contributed by atoms with van der Waals surface area (Å²) in [5, 5.41) is 41.3. The number of methoxy groups -OCH3 is 10. The van der Waals surface area contributed by atoms with Gasteiger partial charge in [0, 0.05) is 23.3 Å². The summed E-state index contributed by atoms with van der Waals surface area (Å²) in [6.45, 7) is 0. The van der Waals surface area contributed by atoms with E-state index >= 15 is 0 Å². The zero-order valence-corrected chi connectivity index (χ0v) is 33.0. The van der Waals surface area contributed by atoms with Gasteiger partial charge in [-0.15, -0.1) is 0 Å². The largest absolute Gasteiger partial charge is 0.504 e. The van der Waals surface area contributed by atoms with Gasteiger partial charge in [0.05, 0.1) is 71.1 Å². The van der Waals surface area contributed by atoms with Gasteiger partial charge in [-0.1, -0.05) is 0 Å². The molecule has 0 spiro atoms. The van der Waals surface area contributed by atoms with Crippen molar-refractivity contribution in [1.29, 1.82) is 0 Å². The van der Waals surface area contributed by atoms with Crippen molar-refractivity contribution in [2.45, 2.75) is 0 Å². The smallest absolute Gasteiger partial charge is 0.239 e. The second-order valence-electron chi connectivity index (χ2n) is 11.7. The molecule has 4 aromatic carbocycles.